The number of aryl methyl sites for hydroxylation is 1. The van der Waals surface area contributed by atoms with E-state index in [1.165, 1.54) is 0 Å². The highest BCUT2D eigenvalue weighted by Crippen LogP contribution is 2.30. The topological polar surface area (TPSA) is 85.4 Å². The van der Waals surface area contributed by atoms with E-state index in [0.29, 0.717) is 23.0 Å². The van der Waals surface area contributed by atoms with Gasteiger partial charge >= 0.3 is 0 Å². The Hall–Kier alpha value is -3.61. The molecule has 1 heterocycles. The molecule has 1 amide bonds. The number of anilines is 3. The lowest BCUT2D eigenvalue weighted by molar-refractivity contribution is 0.102. The second kappa shape index (κ2) is 8.85. The van der Waals surface area contributed by atoms with Crippen LogP contribution in [0.1, 0.15) is 23.0 Å². The van der Waals surface area contributed by atoms with Crippen LogP contribution >= 0.6 is 0 Å². The number of benzene rings is 2. The minimum Gasteiger partial charge on any atom is -0.497 e. The Morgan fingerprint density at radius 1 is 0.964 bits per heavy atom. The average Bonchev–Trinajstić information content (AvgIpc) is 2.74. The van der Waals surface area contributed by atoms with Gasteiger partial charge in [-0.3, -0.25) is 4.79 Å². The molecule has 0 aliphatic heterocycles. The van der Waals surface area contributed by atoms with Crippen molar-refractivity contribution in [2.24, 2.45) is 0 Å². The van der Waals surface area contributed by atoms with Crippen molar-refractivity contribution in [2.75, 3.05) is 24.9 Å². The Labute approximate surface area is 163 Å². The molecule has 0 atom stereocenters. The minimum atomic E-state index is -0.304. The number of aromatic nitrogens is 2. The smallest absolute Gasteiger partial charge is 0.276 e. The standard InChI is InChI=1S/C21H22N4O3/c1-4-14-7-5-6-8-16(14)23-21(26)18-11-12-20(25-24-18)22-17-10-9-15(27-2)13-19(17)28-3/h5-13H,4H2,1-3H3,(H,22,25)(H,23,26). The number of para-hydroxylation sites is 1. The normalized spacial score (nSPS) is 10.2. The first-order valence-electron chi connectivity index (χ1n) is 8.86. The fraction of sp³-hybridized carbons (Fsp3) is 0.190. The molecule has 3 rings (SSSR count). The van der Waals surface area contributed by atoms with Gasteiger partial charge in [-0.1, -0.05) is 25.1 Å². The Morgan fingerprint density at radius 2 is 1.79 bits per heavy atom. The zero-order valence-corrected chi connectivity index (χ0v) is 16.0. The SMILES string of the molecule is CCc1ccccc1NC(=O)c1ccc(Nc2ccc(OC)cc2OC)nn1. The Kier molecular flexibility index (Phi) is 6.06. The highest BCUT2D eigenvalue weighted by Gasteiger charge is 2.11. The van der Waals surface area contributed by atoms with Crippen molar-refractivity contribution in [2.45, 2.75) is 13.3 Å². The lowest BCUT2D eigenvalue weighted by Crippen LogP contribution is -2.15. The number of nitrogens with zero attached hydrogens (tertiary/aromatic N) is 2. The molecule has 0 fully saturated rings. The van der Waals surface area contributed by atoms with E-state index >= 15 is 0 Å². The summed E-state index contributed by atoms with van der Waals surface area (Å²) in [6.45, 7) is 2.04. The Bertz CT molecular complexity index is 958. The number of amides is 1. The van der Waals surface area contributed by atoms with Crippen molar-refractivity contribution in [1.82, 2.24) is 10.2 Å². The molecule has 0 spiro atoms. The van der Waals surface area contributed by atoms with Gasteiger partial charge in [0.25, 0.3) is 5.91 Å². The van der Waals surface area contributed by atoms with Crippen molar-refractivity contribution in [3.8, 4) is 11.5 Å². The van der Waals surface area contributed by atoms with E-state index in [9.17, 15) is 4.79 Å². The third kappa shape index (κ3) is 4.37. The molecule has 0 saturated heterocycles. The van der Waals surface area contributed by atoms with E-state index in [4.69, 9.17) is 9.47 Å². The van der Waals surface area contributed by atoms with Gasteiger partial charge in [-0.25, -0.2) is 0 Å². The summed E-state index contributed by atoms with van der Waals surface area (Å²) in [5.41, 5.74) is 2.79. The third-order valence-electron chi connectivity index (χ3n) is 4.22. The summed E-state index contributed by atoms with van der Waals surface area (Å²) in [7, 11) is 3.17. The third-order valence-corrected chi connectivity index (χ3v) is 4.22. The van der Waals surface area contributed by atoms with Gasteiger partial charge in [-0.15, -0.1) is 10.2 Å². The molecular weight excluding hydrogens is 356 g/mol. The monoisotopic (exact) mass is 378 g/mol. The maximum absolute atomic E-state index is 12.5. The number of nitrogens with one attached hydrogen (secondary N) is 2. The molecule has 0 saturated carbocycles. The number of carbonyl (C=O) groups excluding carboxylic acids is 1. The van der Waals surface area contributed by atoms with Crippen LogP contribution in [0.3, 0.4) is 0 Å². The summed E-state index contributed by atoms with van der Waals surface area (Å²) in [6, 6.07) is 16.4. The predicted molar refractivity (Wildman–Crippen MR) is 109 cm³/mol. The Morgan fingerprint density at radius 3 is 2.46 bits per heavy atom. The van der Waals surface area contributed by atoms with E-state index in [1.54, 1.807) is 32.4 Å². The van der Waals surface area contributed by atoms with Crippen molar-refractivity contribution in [3.63, 3.8) is 0 Å². The average molecular weight is 378 g/mol. The fourth-order valence-electron chi connectivity index (χ4n) is 2.70. The van der Waals surface area contributed by atoms with Crippen LogP contribution in [0.4, 0.5) is 17.2 Å². The van der Waals surface area contributed by atoms with E-state index < -0.39 is 0 Å². The van der Waals surface area contributed by atoms with Crippen LogP contribution in [0.15, 0.2) is 54.6 Å². The number of carbonyl (C=O) groups is 1. The summed E-state index contributed by atoms with van der Waals surface area (Å²) < 4.78 is 10.5. The molecule has 0 aliphatic carbocycles. The molecule has 0 unspecified atom stereocenters. The zero-order valence-electron chi connectivity index (χ0n) is 16.0. The largest absolute Gasteiger partial charge is 0.497 e. The van der Waals surface area contributed by atoms with Gasteiger partial charge in [-0.2, -0.15) is 0 Å². The van der Waals surface area contributed by atoms with Crippen molar-refractivity contribution < 1.29 is 14.3 Å². The molecule has 2 N–H and O–H groups in total. The van der Waals surface area contributed by atoms with E-state index in [1.807, 2.05) is 43.3 Å². The van der Waals surface area contributed by atoms with Gasteiger partial charge in [0.2, 0.25) is 0 Å². The van der Waals surface area contributed by atoms with Gasteiger partial charge in [0.15, 0.2) is 11.5 Å². The molecule has 7 nitrogen and oxygen atoms in total. The predicted octanol–water partition coefficient (Wildman–Crippen LogP) is 4.05. The van der Waals surface area contributed by atoms with Gasteiger partial charge in [0, 0.05) is 11.8 Å². The Balaban J connectivity index is 1.72. The number of rotatable bonds is 7. The van der Waals surface area contributed by atoms with Crippen molar-refractivity contribution >= 4 is 23.1 Å². The first-order valence-corrected chi connectivity index (χ1v) is 8.86. The molecule has 0 bridgehead atoms. The molecule has 7 heteroatoms. The summed E-state index contributed by atoms with van der Waals surface area (Å²) >= 11 is 0. The molecule has 0 radical (unpaired) electrons. The first kappa shape index (κ1) is 19.2. The van der Waals surface area contributed by atoms with Crippen LogP contribution in [0.5, 0.6) is 11.5 Å². The molecule has 28 heavy (non-hydrogen) atoms. The van der Waals surface area contributed by atoms with Crippen LogP contribution < -0.4 is 20.1 Å². The quantitative estimate of drug-likeness (QED) is 0.645. The van der Waals surface area contributed by atoms with Gasteiger partial charge < -0.3 is 20.1 Å². The van der Waals surface area contributed by atoms with E-state index in [-0.39, 0.29) is 11.6 Å². The number of methoxy groups -OCH3 is 2. The molecular formula is C21H22N4O3. The van der Waals surface area contributed by atoms with E-state index in [2.05, 4.69) is 20.8 Å². The molecule has 3 aromatic rings. The summed E-state index contributed by atoms with van der Waals surface area (Å²) in [6.07, 6.45) is 0.828. The van der Waals surface area contributed by atoms with Gasteiger partial charge in [0.05, 0.1) is 19.9 Å². The van der Waals surface area contributed by atoms with Gasteiger partial charge in [0.1, 0.15) is 11.5 Å². The van der Waals surface area contributed by atoms with Crippen LogP contribution in [0.2, 0.25) is 0 Å². The molecule has 1 aromatic heterocycles. The van der Waals surface area contributed by atoms with Gasteiger partial charge in [-0.05, 0) is 42.3 Å². The van der Waals surface area contributed by atoms with Crippen LogP contribution in [-0.2, 0) is 6.42 Å². The minimum absolute atomic E-state index is 0.234. The molecule has 144 valence electrons. The van der Waals surface area contributed by atoms with Crippen molar-refractivity contribution in [3.05, 3.63) is 65.9 Å². The summed E-state index contributed by atoms with van der Waals surface area (Å²) in [5.74, 6) is 1.49. The summed E-state index contributed by atoms with van der Waals surface area (Å²) in [4.78, 5) is 12.5. The van der Waals surface area contributed by atoms with Crippen LogP contribution in [-0.4, -0.2) is 30.3 Å². The second-order valence-corrected chi connectivity index (χ2v) is 5.96. The van der Waals surface area contributed by atoms with Crippen LogP contribution in [0.25, 0.3) is 0 Å². The van der Waals surface area contributed by atoms with E-state index in [0.717, 1.165) is 17.7 Å². The van der Waals surface area contributed by atoms with Crippen molar-refractivity contribution in [1.29, 1.82) is 0 Å². The highest BCUT2D eigenvalue weighted by atomic mass is 16.5. The first-order chi connectivity index (χ1) is 13.6. The molecule has 0 aliphatic rings. The summed E-state index contributed by atoms with van der Waals surface area (Å²) in [5, 5.41) is 14.1. The zero-order chi connectivity index (χ0) is 19.9. The maximum Gasteiger partial charge on any atom is 0.276 e. The fourth-order valence-corrected chi connectivity index (χ4v) is 2.70. The lowest BCUT2D eigenvalue weighted by atomic mass is 10.1. The maximum atomic E-state index is 12.5. The van der Waals surface area contributed by atoms with Crippen LogP contribution in [0, 0.1) is 0 Å². The number of ether oxygens (including phenoxy) is 2. The highest BCUT2D eigenvalue weighted by molar-refractivity contribution is 6.03. The number of hydrogen-bond donors (Lipinski definition) is 2. The number of hydrogen-bond acceptors (Lipinski definition) is 6. The molecule has 2 aromatic carbocycles. The second-order valence-electron chi connectivity index (χ2n) is 5.96. The lowest BCUT2D eigenvalue weighted by Gasteiger charge is -2.12.